The Balaban J connectivity index is 1.56. The summed E-state index contributed by atoms with van der Waals surface area (Å²) in [6.45, 7) is -2.55. The highest BCUT2D eigenvalue weighted by atomic mass is 19.3. The number of nitrogens with one attached hydrogen (secondary N) is 4. The largest absolute Gasteiger partial charge is 0.435 e. The highest BCUT2D eigenvalue weighted by Crippen LogP contribution is 2.19. The summed E-state index contributed by atoms with van der Waals surface area (Å²) in [6, 6.07) is 12.1. The maximum absolute atomic E-state index is 12.2. The van der Waals surface area contributed by atoms with Crippen LogP contribution in [0.4, 0.5) is 30.6 Å². The van der Waals surface area contributed by atoms with Crippen LogP contribution in [0.3, 0.4) is 0 Å². The van der Waals surface area contributed by atoms with E-state index in [1.54, 1.807) is 18.2 Å². The minimum atomic E-state index is -2.91. The Bertz CT molecular complexity index is 1020. The van der Waals surface area contributed by atoms with Crippen molar-refractivity contribution in [1.82, 2.24) is 10.2 Å². The number of H-pyrrole nitrogens is 1. The molecule has 11 heteroatoms. The number of hydrogen-bond acceptors (Lipinski definition) is 5. The lowest BCUT2D eigenvalue weighted by atomic mass is 10.2. The lowest BCUT2D eigenvalue weighted by Gasteiger charge is -2.11. The fourth-order valence-corrected chi connectivity index (χ4v) is 2.58. The van der Waals surface area contributed by atoms with Gasteiger partial charge in [0, 0.05) is 24.1 Å². The monoisotopic (exact) mass is 416 g/mol. The van der Waals surface area contributed by atoms with Crippen molar-refractivity contribution in [3.8, 4) is 5.75 Å². The molecule has 0 bridgehead atoms. The summed E-state index contributed by atoms with van der Waals surface area (Å²) < 4.78 is 28.6. The first-order chi connectivity index (χ1) is 14.4. The summed E-state index contributed by atoms with van der Waals surface area (Å²) in [5.41, 5.74) is 7.59. The number of alkyl halides is 2. The fourth-order valence-electron chi connectivity index (χ4n) is 2.58. The number of halogens is 2. The summed E-state index contributed by atoms with van der Waals surface area (Å²) in [4.78, 5) is 23.5. The van der Waals surface area contributed by atoms with Crippen LogP contribution in [0.2, 0.25) is 0 Å². The van der Waals surface area contributed by atoms with Crippen molar-refractivity contribution in [3.63, 3.8) is 0 Å². The Morgan fingerprint density at radius 1 is 1.10 bits per heavy atom. The first kappa shape index (κ1) is 20.6. The third-order valence-electron chi connectivity index (χ3n) is 3.88. The molecule has 0 saturated heterocycles. The zero-order valence-electron chi connectivity index (χ0n) is 15.5. The van der Waals surface area contributed by atoms with Crippen molar-refractivity contribution in [2.24, 2.45) is 5.73 Å². The van der Waals surface area contributed by atoms with Gasteiger partial charge in [-0.15, -0.1) is 0 Å². The zero-order valence-corrected chi connectivity index (χ0v) is 15.5. The molecule has 1 aromatic heterocycles. The van der Waals surface area contributed by atoms with E-state index in [2.05, 4.69) is 30.9 Å². The van der Waals surface area contributed by atoms with Crippen LogP contribution >= 0.6 is 0 Å². The van der Waals surface area contributed by atoms with Crippen molar-refractivity contribution in [2.45, 2.75) is 13.2 Å². The summed E-state index contributed by atoms with van der Waals surface area (Å²) in [5.74, 6) is -0.659. The number of aromatic nitrogens is 2. The molecule has 0 unspecified atom stereocenters. The summed E-state index contributed by atoms with van der Waals surface area (Å²) in [6.07, 6.45) is 1.52. The maximum Gasteiger partial charge on any atom is 0.387 e. The molecule has 0 aliphatic heterocycles. The predicted octanol–water partition coefficient (Wildman–Crippen LogP) is 3.37. The van der Waals surface area contributed by atoms with E-state index in [0.717, 1.165) is 5.56 Å². The lowest BCUT2D eigenvalue weighted by Crippen LogP contribution is -2.19. The maximum atomic E-state index is 12.2. The molecule has 0 radical (unpaired) electrons. The van der Waals surface area contributed by atoms with E-state index in [1.165, 1.54) is 30.5 Å². The number of amides is 3. The fraction of sp³-hybridized carbons (Fsp3) is 0.105. The highest BCUT2D eigenvalue weighted by Gasteiger charge is 2.11. The Kier molecular flexibility index (Phi) is 6.42. The molecule has 3 rings (SSSR count). The van der Waals surface area contributed by atoms with E-state index in [1.807, 2.05) is 6.07 Å². The number of rotatable bonds is 8. The number of ether oxygens (including phenoxy) is 1. The van der Waals surface area contributed by atoms with Crippen molar-refractivity contribution >= 4 is 29.0 Å². The first-order valence-electron chi connectivity index (χ1n) is 8.70. The van der Waals surface area contributed by atoms with Gasteiger partial charge in [-0.2, -0.15) is 13.9 Å². The minimum Gasteiger partial charge on any atom is -0.435 e. The molecule has 0 aliphatic rings. The van der Waals surface area contributed by atoms with Crippen LogP contribution < -0.4 is 26.4 Å². The minimum absolute atomic E-state index is 0.00623. The van der Waals surface area contributed by atoms with Gasteiger partial charge in [-0.25, -0.2) is 4.79 Å². The molecular formula is C19H18F2N6O3. The molecule has 0 spiro atoms. The van der Waals surface area contributed by atoms with E-state index in [-0.39, 0.29) is 11.4 Å². The molecule has 156 valence electrons. The number of aromatic amines is 1. The zero-order chi connectivity index (χ0) is 21.5. The quantitative estimate of drug-likeness (QED) is 0.384. The number of carbonyl (C=O) groups excluding carboxylic acids is 2. The van der Waals surface area contributed by atoms with Crippen molar-refractivity contribution in [2.75, 3.05) is 16.0 Å². The number of nitrogens with zero attached hydrogens (tertiary/aromatic N) is 1. The van der Waals surface area contributed by atoms with Crippen LogP contribution in [0.15, 0.2) is 54.7 Å². The highest BCUT2D eigenvalue weighted by molar-refractivity contribution is 5.99. The lowest BCUT2D eigenvalue weighted by molar-refractivity contribution is -0.0498. The number of carbonyl (C=O) groups is 2. The van der Waals surface area contributed by atoms with Gasteiger partial charge >= 0.3 is 12.6 Å². The van der Waals surface area contributed by atoms with Crippen LogP contribution in [0.25, 0.3) is 0 Å². The number of nitrogens with two attached hydrogens (primary N) is 1. The van der Waals surface area contributed by atoms with Gasteiger partial charge in [-0.1, -0.05) is 12.1 Å². The number of hydrogen-bond donors (Lipinski definition) is 5. The van der Waals surface area contributed by atoms with Gasteiger partial charge in [-0.05, 0) is 42.0 Å². The third kappa shape index (κ3) is 5.67. The second kappa shape index (κ2) is 9.37. The molecule has 2 aromatic carbocycles. The van der Waals surface area contributed by atoms with Crippen molar-refractivity contribution < 1.29 is 23.1 Å². The average molecular weight is 416 g/mol. The van der Waals surface area contributed by atoms with Gasteiger partial charge in [0.2, 0.25) is 0 Å². The Morgan fingerprint density at radius 3 is 2.53 bits per heavy atom. The van der Waals surface area contributed by atoms with Crippen LogP contribution in [0.1, 0.15) is 16.1 Å². The summed E-state index contributed by atoms with van der Waals surface area (Å²) >= 11 is 0. The molecule has 9 nitrogen and oxygen atoms in total. The molecule has 3 aromatic rings. The Labute approximate surface area is 169 Å². The molecule has 0 aliphatic carbocycles. The molecule has 0 saturated carbocycles. The van der Waals surface area contributed by atoms with Gasteiger partial charge < -0.3 is 26.4 Å². The van der Waals surface area contributed by atoms with Gasteiger partial charge in [0.05, 0.1) is 5.69 Å². The van der Waals surface area contributed by atoms with Crippen LogP contribution in [0.5, 0.6) is 5.75 Å². The van der Waals surface area contributed by atoms with Gasteiger partial charge in [0.25, 0.3) is 5.91 Å². The van der Waals surface area contributed by atoms with Crippen LogP contribution in [-0.2, 0) is 6.54 Å². The van der Waals surface area contributed by atoms with Crippen LogP contribution in [0, 0.1) is 0 Å². The van der Waals surface area contributed by atoms with Crippen molar-refractivity contribution in [1.29, 1.82) is 0 Å². The summed E-state index contributed by atoms with van der Waals surface area (Å²) in [7, 11) is 0. The second-order valence-electron chi connectivity index (χ2n) is 6.05. The molecule has 0 fully saturated rings. The Morgan fingerprint density at radius 2 is 1.83 bits per heavy atom. The SMILES string of the molecule is NC(=O)c1n[nH]cc1NCc1cccc(NC(=O)Nc2ccc(OC(F)F)cc2)c1. The predicted molar refractivity (Wildman–Crippen MR) is 107 cm³/mol. The van der Waals surface area contributed by atoms with E-state index in [0.29, 0.717) is 23.6 Å². The number of anilines is 3. The molecule has 3 amide bonds. The van der Waals surface area contributed by atoms with E-state index in [4.69, 9.17) is 5.73 Å². The van der Waals surface area contributed by atoms with E-state index < -0.39 is 18.5 Å². The van der Waals surface area contributed by atoms with Gasteiger partial charge in [0.1, 0.15) is 5.75 Å². The number of urea groups is 1. The molecule has 30 heavy (non-hydrogen) atoms. The standard InChI is InChI=1S/C19H18F2N6O3/c20-18(21)30-14-6-4-12(5-7-14)25-19(29)26-13-3-1-2-11(8-13)9-23-15-10-24-27-16(15)17(22)28/h1-8,10,18,23H,9H2,(H2,22,28)(H,24,27)(H2,25,26,29). The second-order valence-corrected chi connectivity index (χ2v) is 6.05. The van der Waals surface area contributed by atoms with Crippen LogP contribution in [-0.4, -0.2) is 28.7 Å². The van der Waals surface area contributed by atoms with E-state index >= 15 is 0 Å². The normalized spacial score (nSPS) is 10.5. The van der Waals surface area contributed by atoms with Gasteiger partial charge in [-0.3, -0.25) is 9.89 Å². The summed E-state index contributed by atoms with van der Waals surface area (Å²) in [5, 5.41) is 14.7. The Hall–Kier alpha value is -4.15. The third-order valence-corrected chi connectivity index (χ3v) is 3.88. The number of primary amides is 1. The van der Waals surface area contributed by atoms with E-state index in [9.17, 15) is 18.4 Å². The smallest absolute Gasteiger partial charge is 0.387 e. The molecule has 1 heterocycles. The molecular weight excluding hydrogens is 398 g/mol. The molecule has 0 atom stereocenters. The van der Waals surface area contributed by atoms with Crippen molar-refractivity contribution in [3.05, 3.63) is 66.0 Å². The van der Waals surface area contributed by atoms with Gasteiger partial charge in [0.15, 0.2) is 5.69 Å². The molecule has 6 N–H and O–H groups in total. The average Bonchev–Trinajstić information content (AvgIpc) is 3.17. The number of benzene rings is 2. The first-order valence-corrected chi connectivity index (χ1v) is 8.70. The topological polar surface area (TPSA) is 134 Å².